The molecule has 2 aromatic rings. The first-order chi connectivity index (χ1) is 8.83. The number of oxazole rings is 1. The van der Waals surface area contributed by atoms with Crippen LogP contribution in [0.5, 0.6) is 0 Å². The predicted octanol–water partition coefficient (Wildman–Crippen LogP) is 2.48. The third-order valence-corrected chi connectivity index (χ3v) is 2.71. The number of rotatable bonds is 2. The van der Waals surface area contributed by atoms with Crippen LogP contribution in [0.25, 0.3) is 11.5 Å². The van der Waals surface area contributed by atoms with Gasteiger partial charge in [0, 0.05) is 6.92 Å². The number of aromatic nitrogens is 2. The van der Waals surface area contributed by atoms with Gasteiger partial charge in [0.1, 0.15) is 5.69 Å². The maximum atomic E-state index is 5.53. The van der Waals surface area contributed by atoms with E-state index in [1.54, 1.807) is 13.1 Å². The summed E-state index contributed by atoms with van der Waals surface area (Å²) in [4.78, 5) is 8.56. The first-order valence-corrected chi connectivity index (χ1v) is 5.96. The van der Waals surface area contributed by atoms with E-state index in [4.69, 9.17) is 13.9 Å². The fourth-order valence-electron chi connectivity index (χ4n) is 1.86. The van der Waals surface area contributed by atoms with E-state index in [9.17, 15) is 0 Å². The van der Waals surface area contributed by atoms with Gasteiger partial charge in [-0.25, -0.2) is 9.97 Å². The van der Waals surface area contributed by atoms with Gasteiger partial charge < -0.3 is 13.9 Å². The van der Waals surface area contributed by atoms with Crippen LogP contribution in [0.2, 0.25) is 0 Å². The van der Waals surface area contributed by atoms with Crippen molar-refractivity contribution in [3.05, 3.63) is 36.0 Å². The summed E-state index contributed by atoms with van der Waals surface area (Å²) in [5.41, 5.74) is 1.51. The van der Waals surface area contributed by atoms with E-state index in [1.165, 1.54) is 0 Å². The third kappa shape index (κ3) is 2.27. The Morgan fingerprint density at radius 3 is 2.78 bits per heavy atom. The van der Waals surface area contributed by atoms with Crippen molar-refractivity contribution < 1.29 is 13.9 Å². The summed E-state index contributed by atoms with van der Waals surface area (Å²) in [6, 6.07) is 5.69. The van der Waals surface area contributed by atoms with E-state index >= 15 is 0 Å². The normalized spacial score (nSPS) is 16.9. The fourth-order valence-corrected chi connectivity index (χ4v) is 1.86. The van der Waals surface area contributed by atoms with Gasteiger partial charge in [-0.15, -0.1) is 0 Å². The van der Waals surface area contributed by atoms with E-state index in [1.807, 2.05) is 18.2 Å². The predicted molar refractivity (Wildman–Crippen MR) is 63.7 cm³/mol. The largest absolute Gasteiger partial charge is 0.439 e. The first-order valence-electron chi connectivity index (χ1n) is 5.96. The molecule has 0 amide bonds. The molecule has 0 aliphatic carbocycles. The van der Waals surface area contributed by atoms with Gasteiger partial charge in [-0.05, 0) is 18.6 Å². The molecule has 5 nitrogen and oxygen atoms in total. The van der Waals surface area contributed by atoms with E-state index in [-0.39, 0.29) is 6.29 Å². The van der Waals surface area contributed by atoms with Crippen molar-refractivity contribution in [1.82, 2.24) is 9.97 Å². The van der Waals surface area contributed by atoms with Crippen molar-refractivity contribution in [2.45, 2.75) is 19.6 Å². The molecule has 1 aliphatic heterocycles. The van der Waals surface area contributed by atoms with Crippen LogP contribution < -0.4 is 0 Å². The van der Waals surface area contributed by atoms with Crippen molar-refractivity contribution in [2.24, 2.45) is 0 Å². The smallest absolute Gasteiger partial charge is 0.201 e. The SMILES string of the molecule is Cc1ncc(-c2cccc(C3OCCCO3)n2)o1. The monoisotopic (exact) mass is 246 g/mol. The Morgan fingerprint density at radius 1 is 1.22 bits per heavy atom. The van der Waals surface area contributed by atoms with Crippen LogP contribution in [-0.4, -0.2) is 23.2 Å². The molecule has 1 saturated heterocycles. The molecular formula is C13H14N2O3. The van der Waals surface area contributed by atoms with Gasteiger partial charge in [-0.1, -0.05) is 6.07 Å². The highest BCUT2D eigenvalue weighted by atomic mass is 16.7. The summed E-state index contributed by atoms with van der Waals surface area (Å²) in [6.07, 6.45) is 2.23. The minimum Gasteiger partial charge on any atom is -0.439 e. The summed E-state index contributed by atoms with van der Waals surface area (Å²) in [5.74, 6) is 1.28. The van der Waals surface area contributed by atoms with E-state index < -0.39 is 0 Å². The Labute approximate surface area is 105 Å². The van der Waals surface area contributed by atoms with Crippen LogP contribution in [0.15, 0.2) is 28.8 Å². The molecule has 5 heteroatoms. The van der Waals surface area contributed by atoms with E-state index in [0.29, 0.717) is 24.9 Å². The zero-order valence-corrected chi connectivity index (χ0v) is 10.1. The lowest BCUT2D eigenvalue weighted by molar-refractivity contribution is -0.185. The zero-order valence-electron chi connectivity index (χ0n) is 10.1. The van der Waals surface area contributed by atoms with E-state index in [0.717, 1.165) is 17.8 Å². The van der Waals surface area contributed by atoms with Crippen molar-refractivity contribution in [2.75, 3.05) is 13.2 Å². The number of hydrogen-bond donors (Lipinski definition) is 0. The van der Waals surface area contributed by atoms with Crippen molar-refractivity contribution >= 4 is 0 Å². The van der Waals surface area contributed by atoms with Gasteiger partial charge in [-0.2, -0.15) is 0 Å². The van der Waals surface area contributed by atoms with Crippen molar-refractivity contribution in [3.8, 4) is 11.5 Å². The van der Waals surface area contributed by atoms with Crippen LogP contribution >= 0.6 is 0 Å². The van der Waals surface area contributed by atoms with Crippen LogP contribution in [0.4, 0.5) is 0 Å². The minimum absolute atomic E-state index is 0.372. The second-order valence-electron chi connectivity index (χ2n) is 4.12. The topological polar surface area (TPSA) is 57.4 Å². The zero-order chi connectivity index (χ0) is 12.4. The number of aryl methyl sites for hydroxylation is 1. The first kappa shape index (κ1) is 11.4. The standard InChI is InChI=1S/C13H14N2O3/c1-9-14-8-12(18-9)10-4-2-5-11(15-10)13-16-6-3-7-17-13/h2,4-5,8,13H,3,6-7H2,1H3. The number of hydrogen-bond acceptors (Lipinski definition) is 5. The molecule has 94 valence electrons. The molecule has 0 aromatic carbocycles. The molecule has 1 fully saturated rings. The van der Waals surface area contributed by atoms with Crippen LogP contribution in [0.3, 0.4) is 0 Å². The molecule has 1 aliphatic rings. The molecule has 3 rings (SSSR count). The Balaban J connectivity index is 1.88. The van der Waals surface area contributed by atoms with Crippen LogP contribution in [0, 0.1) is 6.92 Å². The lowest BCUT2D eigenvalue weighted by Crippen LogP contribution is -2.18. The Morgan fingerprint density at radius 2 is 2.06 bits per heavy atom. The summed E-state index contributed by atoms with van der Waals surface area (Å²) >= 11 is 0. The van der Waals surface area contributed by atoms with Gasteiger partial charge >= 0.3 is 0 Å². The Bertz CT molecular complexity index is 533. The lowest BCUT2D eigenvalue weighted by atomic mass is 10.2. The van der Waals surface area contributed by atoms with Gasteiger partial charge in [0.05, 0.1) is 25.1 Å². The number of ether oxygens (including phenoxy) is 2. The minimum atomic E-state index is -0.372. The summed E-state index contributed by atoms with van der Waals surface area (Å²) in [5, 5.41) is 0. The fraction of sp³-hybridized carbons (Fsp3) is 0.385. The van der Waals surface area contributed by atoms with Gasteiger partial charge in [0.15, 0.2) is 11.7 Å². The second-order valence-corrected chi connectivity index (χ2v) is 4.12. The number of pyridine rings is 1. The van der Waals surface area contributed by atoms with Gasteiger partial charge in [-0.3, -0.25) is 0 Å². The molecular weight excluding hydrogens is 232 g/mol. The average Bonchev–Trinajstić information content (AvgIpc) is 2.87. The summed E-state index contributed by atoms with van der Waals surface area (Å²) in [6.45, 7) is 3.22. The molecule has 0 spiro atoms. The van der Waals surface area contributed by atoms with Crippen molar-refractivity contribution in [3.63, 3.8) is 0 Å². The Kier molecular flexibility index (Phi) is 3.08. The number of nitrogens with zero attached hydrogens (tertiary/aromatic N) is 2. The molecule has 0 N–H and O–H groups in total. The summed E-state index contributed by atoms with van der Waals surface area (Å²) < 4.78 is 16.5. The van der Waals surface area contributed by atoms with Gasteiger partial charge in [0.25, 0.3) is 0 Å². The highest BCUT2D eigenvalue weighted by molar-refractivity contribution is 5.50. The third-order valence-electron chi connectivity index (χ3n) is 2.71. The molecule has 0 saturated carbocycles. The molecule has 0 atom stereocenters. The van der Waals surface area contributed by atoms with E-state index in [2.05, 4.69) is 9.97 Å². The molecule has 3 heterocycles. The van der Waals surface area contributed by atoms with Crippen LogP contribution in [-0.2, 0) is 9.47 Å². The highest BCUT2D eigenvalue weighted by Gasteiger charge is 2.18. The lowest BCUT2D eigenvalue weighted by Gasteiger charge is -2.22. The maximum Gasteiger partial charge on any atom is 0.201 e. The molecule has 0 radical (unpaired) electrons. The average molecular weight is 246 g/mol. The summed E-state index contributed by atoms with van der Waals surface area (Å²) in [7, 11) is 0. The van der Waals surface area contributed by atoms with Crippen molar-refractivity contribution in [1.29, 1.82) is 0 Å². The van der Waals surface area contributed by atoms with Crippen LogP contribution in [0.1, 0.15) is 24.3 Å². The molecule has 18 heavy (non-hydrogen) atoms. The second kappa shape index (κ2) is 4.88. The maximum absolute atomic E-state index is 5.53. The van der Waals surface area contributed by atoms with Gasteiger partial charge in [0.2, 0.25) is 6.29 Å². The Hall–Kier alpha value is -1.72. The molecule has 0 unspecified atom stereocenters. The highest BCUT2D eigenvalue weighted by Crippen LogP contribution is 2.24. The quantitative estimate of drug-likeness (QED) is 0.814. The molecule has 2 aromatic heterocycles. The molecule has 0 bridgehead atoms.